The number of hydrogen-bond donors (Lipinski definition) is 1. The lowest BCUT2D eigenvalue weighted by Gasteiger charge is -2.17. The highest BCUT2D eigenvalue weighted by Gasteiger charge is 2.11. The van der Waals surface area contributed by atoms with Crippen molar-refractivity contribution in [2.75, 3.05) is 20.4 Å². The van der Waals surface area contributed by atoms with Crippen LogP contribution in [0.25, 0.3) is 0 Å². The smallest absolute Gasteiger partial charge is 0.156 e. The molecule has 0 spiro atoms. The number of halogens is 2. The molecule has 0 aliphatic rings. The molecule has 0 saturated heterocycles. The minimum absolute atomic E-state index is 0.115. The van der Waals surface area contributed by atoms with Crippen molar-refractivity contribution < 1.29 is 4.39 Å². The van der Waals surface area contributed by atoms with Crippen molar-refractivity contribution in [2.24, 2.45) is 0 Å². The zero-order chi connectivity index (χ0) is 11.3. The summed E-state index contributed by atoms with van der Waals surface area (Å²) in [6.07, 6.45) is 1.75. The van der Waals surface area contributed by atoms with Gasteiger partial charge < -0.3 is 5.43 Å². The summed E-state index contributed by atoms with van der Waals surface area (Å²) >= 11 is 6.69. The molecule has 0 unspecified atom stereocenters. The van der Waals surface area contributed by atoms with E-state index in [0.717, 1.165) is 0 Å². The van der Waals surface area contributed by atoms with Crippen molar-refractivity contribution in [3.63, 3.8) is 0 Å². The summed E-state index contributed by atoms with van der Waals surface area (Å²) in [5.41, 5.74) is 3.31. The van der Waals surface area contributed by atoms with Crippen LogP contribution in [0.2, 0.25) is 0 Å². The summed E-state index contributed by atoms with van der Waals surface area (Å²) in [5.74, 6) is -0.543. The topological polar surface area (TPSA) is 15.3 Å². The highest BCUT2D eigenvalue weighted by atomic mass is 35.5. The van der Waals surface area contributed by atoms with Crippen LogP contribution in [0.1, 0.15) is 0 Å². The van der Waals surface area contributed by atoms with Gasteiger partial charge in [-0.1, -0.05) is 24.8 Å². The molecular weight excluding hydrogens is 223 g/mol. The lowest BCUT2D eigenvalue weighted by atomic mass is 10.4. The Hall–Kier alpha value is -0.450. The molecule has 0 aromatic rings. The normalized spacial score (nSPS) is 12.4. The van der Waals surface area contributed by atoms with Crippen LogP contribution in [0, 0.1) is 0 Å². The van der Waals surface area contributed by atoms with Crippen molar-refractivity contribution in [1.29, 1.82) is 0 Å². The van der Waals surface area contributed by atoms with E-state index in [0.29, 0.717) is 10.6 Å². The van der Waals surface area contributed by atoms with Gasteiger partial charge in [0.05, 0.1) is 15.6 Å². The second kappa shape index (κ2) is 6.11. The van der Waals surface area contributed by atoms with Gasteiger partial charge in [0.2, 0.25) is 0 Å². The number of nitrogens with zero attached hydrogens (tertiary/aromatic N) is 1. The largest absolute Gasteiger partial charge is 0.319 e. The average molecular weight is 237 g/mol. The molecule has 0 aromatic heterocycles. The molecule has 0 saturated carbocycles. The number of hydrogen-bond acceptors (Lipinski definition) is 3. The minimum atomic E-state index is -0.543. The SMILES string of the molecule is C=C(Cl)/C(F)=C(/SC)C(=C)NN(C)C. The van der Waals surface area contributed by atoms with E-state index in [2.05, 4.69) is 18.6 Å². The first-order chi connectivity index (χ1) is 6.40. The number of hydrazine groups is 1. The summed E-state index contributed by atoms with van der Waals surface area (Å²) in [4.78, 5) is 0.360. The van der Waals surface area contributed by atoms with E-state index in [1.165, 1.54) is 11.8 Å². The van der Waals surface area contributed by atoms with Gasteiger partial charge in [-0.2, -0.15) is 0 Å². The molecule has 0 atom stereocenters. The molecule has 0 amide bonds. The van der Waals surface area contributed by atoms with Crippen molar-refractivity contribution >= 4 is 23.4 Å². The van der Waals surface area contributed by atoms with Crippen LogP contribution >= 0.6 is 23.4 Å². The predicted molar refractivity (Wildman–Crippen MR) is 62.6 cm³/mol. The number of allylic oxidation sites excluding steroid dienone is 2. The molecule has 1 N–H and O–H groups in total. The molecule has 14 heavy (non-hydrogen) atoms. The second-order valence-electron chi connectivity index (χ2n) is 2.74. The van der Waals surface area contributed by atoms with E-state index in [4.69, 9.17) is 11.6 Å². The van der Waals surface area contributed by atoms with Gasteiger partial charge in [0.1, 0.15) is 0 Å². The highest BCUT2D eigenvalue weighted by molar-refractivity contribution is 8.02. The van der Waals surface area contributed by atoms with Gasteiger partial charge in [0.15, 0.2) is 5.83 Å². The predicted octanol–water partition coefficient (Wildman–Crippen LogP) is 2.86. The van der Waals surface area contributed by atoms with Crippen LogP contribution in [-0.4, -0.2) is 25.4 Å². The Morgan fingerprint density at radius 1 is 1.43 bits per heavy atom. The molecule has 5 heteroatoms. The van der Waals surface area contributed by atoms with E-state index in [1.807, 2.05) is 0 Å². The Morgan fingerprint density at radius 3 is 2.21 bits per heavy atom. The van der Waals surface area contributed by atoms with Gasteiger partial charge in [-0.15, -0.1) is 11.8 Å². The number of rotatable bonds is 5. The van der Waals surface area contributed by atoms with Gasteiger partial charge >= 0.3 is 0 Å². The Bertz CT molecular complexity index is 274. The molecule has 0 fully saturated rings. The van der Waals surface area contributed by atoms with Crippen LogP contribution in [0.3, 0.4) is 0 Å². The van der Waals surface area contributed by atoms with E-state index >= 15 is 0 Å². The molecule has 0 radical (unpaired) electrons. The van der Waals surface area contributed by atoms with E-state index in [-0.39, 0.29) is 5.03 Å². The van der Waals surface area contributed by atoms with Crippen LogP contribution in [0.15, 0.2) is 34.6 Å². The van der Waals surface area contributed by atoms with Crippen molar-refractivity contribution in [3.05, 3.63) is 34.6 Å². The fourth-order valence-electron chi connectivity index (χ4n) is 0.789. The van der Waals surface area contributed by atoms with E-state index in [9.17, 15) is 4.39 Å². The molecule has 0 aromatic carbocycles. The van der Waals surface area contributed by atoms with Crippen LogP contribution in [0.5, 0.6) is 0 Å². The third kappa shape index (κ3) is 4.17. The van der Waals surface area contributed by atoms with Crippen molar-refractivity contribution in [2.45, 2.75) is 0 Å². The maximum atomic E-state index is 13.4. The minimum Gasteiger partial charge on any atom is -0.319 e. The highest BCUT2D eigenvalue weighted by Crippen LogP contribution is 2.29. The van der Waals surface area contributed by atoms with Crippen LogP contribution in [-0.2, 0) is 0 Å². The Balaban J connectivity index is 4.81. The van der Waals surface area contributed by atoms with E-state index < -0.39 is 5.83 Å². The van der Waals surface area contributed by atoms with Gasteiger partial charge in [-0.3, -0.25) is 0 Å². The summed E-state index contributed by atoms with van der Waals surface area (Å²) in [6, 6.07) is 0. The maximum Gasteiger partial charge on any atom is 0.156 e. The van der Waals surface area contributed by atoms with Gasteiger partial charge in [-0.05, 0) is 6.26 Å². The van der Waals surface area contributed by atoms with Crippen LogP contribution < -0.4 is 5.43 Å². The summed E-state index contributed by atoms with van der Waals surface area (Å²) < 4.78 is 13.4. The molecule has 2 nitrogen and oxygen atoms in total. The summed E-state index contributed by atoms with van der Waals surface area (Å²) in [6.45, 7) is 7.02. The molecule has 0 aliphatic heterocycles. The Morgan fingerprint density at radius 2 is 1.93 bits per heavy atom. The van der Waals surface area contributed by atoms with Gasteiger partial charge in [-0.25, -0.2) is 9.40 Å². The molecule has 0 aliphatic carbocycles. The van der Waals surface area contributed by atoms with E-state index in [1.54, 1.807) is 25.4 Å². The molecule has 0 bridgehead atoms. The first-order valence-electron chi connectivity index (χ1n) is 3.82. The van der Waals surface area contributed by atoms with Crippen molar-refractivity contribution in [1.82, 2.24) is 10.4 Å². The van der Waals surface area contributed by atoms with Gasteiger partial charge in [0, 0.05) is 14.1 Å². The molecule has 80 valence electrons. The number of nitrogens with one attached hydrogen (secondary N) is 1. The third-order valence-electron chi connectivity index (χ3n) is 1.27. The zero-order valence-corrected chi connectivity index (χ0v) is 10.1. The molecular formula is C9H14ClFN2S. The number of thioether (sulfide) groups is 1. The first-order valence-corrected chi connectivity index (χ1v) is 5.42. The lowest BCUT2D eigenvalue weighted by molar-refractivity contribution is 0.332. The molecule has 0 rings (SSSR count). The zero-order valence-electron chi connectivity index (χ0n) is 8.53. The summed E-state index contributed by atoms with van der Waals surface area (Å²) in [5, 5.41) is 1.55. The van der Waals surface area contributed by atoms with Crippen LogP contribution in [0.4, 0.5) is 4.39 Å². The molecule has 0 heterocycles. The maximum absolute atomic E-state index is 13.4. The fraction of sp³-hybridized carbons (Fsp3) is 0.333. The Kier molecular flexibility index (Phi) is 5.92. The third-order valence-corrected chi connectivity index (χ3v) is 2.27. The second-order valence-corrected chi connectivity index (χ2v) is 4.01. The Labute approximate surface area is 93.5 Å². The quantitative estimate of drug-likeness (QED) is 0.584. The fourth-order valence-corrected chi connectivity index (χ4v) is 1.53. The average Bonchev–Trinajstić information content (AvgIpc) is 2.03. The lowest BCUT2D eigenvalue weighted by Crippen LogP contribution is -2.29. The first kappa shape index (κ1) is 13.5. The monoisotopic (exact) mass is 236 g/mol. The summed E-state index contributed by atoms with van der Waals surface area (Å²) in [7, 11) is 3.58. The van der Waals surface area contributed by atoms with Gasteiger partial charge in [0.25, 0.3) is 0 Å². The standard InChI is InChI=1S/C9H14ClFN2S/c1-6(10)8(11)9(14-5)7(2)12-13(3)4/h12H,1-2H2,3-5H3/b9-8-. The van der Waals surface area contributed by atoms with Crippen molar-refractivity contribution in [3.8, 4) is 0 Å².